The van der Waals surface area contributed by atoms with E-state index in [1.54, 1.807) is 12.4 Å². The van der Waals surface area contributed by atoms with E-state index in [9.17, 15) is 0 Å². The predicted octanol–water partition coefficient (Wildman–Crippen LogP) is 3.04. The SMILES string of the molecule is Cc1ccc(Cn2cc(-n3c(Cn4nccc4C)n[nH]c3=S)cn2)cc1. The average molecular weight is 365 g/mol. The highest BCUT2D eigenvalue weighted by atomic mass is 32.1. The summed E-state index contributed by atoms with van der Waals surface area (Å²) >= 11 is 5.41. The van der Waals surface area contributed by atoms with E-state index in [1.807, 2.05) is 33.1 Å². The molecule has 0 fully saturated rings. The van der Waals surface area contributed by atoms with Gasteiger partial charge in [0.1, 0.15) is 6.54 Å². The van der Waals surface area contributed by atoms with Crippen LogP contribution in [0.5, 0.6) is 0 Å². The molecule has 4 rings (SSSR count). The fourth-order valence-corrected chi connectivity index (χ4v) is 3.09. The first-order valence-electron chi connectivity index (χ1n) is 8.33. The number of aromatic amines is 1. The summed E-state index contributed by atoms with van der Waals surface area (Å²) in [7, 11) is 0. The summed E-state index contributed by atoms with van der Waals surface area (Å²) in [5.41, 5.74) is 4.41. The van der Waals surface area contributed by atoms with Gasteiger partial charge in [-0.1, -0.05) is 29.8 Å². The molecule has 0 aliphatic carbocycles. The molecule has 132 valence electrons. The summed E-state index contributed by atoms with van der Waals surface area (Å²) in [6, 6.07) is 10.4. The number of nitrogens with zero attached hydrogens (tertiary/aromatic N) is 6. The average Bonchev–Trinajstić information content (AvgIpc) is 3.32. The Morgan fingerprint density at radius 2 is 1.85 bits per heavy atom. The van der Waals surface area contributed by atoms with Gasteiger partial charge in [-0.25, -0.2) is 0 Å². The van der Waals surface area contributed by atoms with E-state index in [2.05, 4.69) is 51.6 Å². The Hall–Kier alpha value is -3.00. The van der Waals surface area contributed by atoms with Crippen LogP contribution in [0.4, 0.5) is 0 Å². The molecule has 3 aromatic heterocycles. The lowest BCUT2D eigenvalue weighted by molar-refractivity contribution is 0.626. The number of hydrogen-bond acceptors (Lipinski definition) is 4. The van der Waals surface area contributed by atoms with E-state index >= 15 is 0 Å². The van der Waals surface area contributed by atoms with Crippen LogP contribution >= 0.6 is 12.2 Å². The fraction of sp³-hybridized carbons (Fsp3) is 0.222. The zero-order chi connectivity index (χ0) is 18.1. The summed E-state index contributed by atoms with van der Waals surface area (Å²) in [6.45, 7) is 5.34. The summed E-state index contributed by atoms with van der Waals surface area (Å²) in [5.74, 6) is 0.789. The van der Waals surface area contributed by atoms with Crippen LogP contribution in [0.15, 0.2) is 48.9 Å². The van der Waals surface area contributed by atoms with Gasteiger partial charge >= 0.3 is 0 Å². The molecule has 3 heterocycles. The van der Waals surface area contributed by atoms with Gasteiger partial charge in [0.05, 0.1) is 18.4 Å². The highest BCUT2D eigenvalue weighted by Gasteiger charge is 2.12. The molecule has 1 aromatic carbocycles. The maximum absolute atomic E-state index is 5.41. The third-order valence-electron chi connectivity index (χ3n) is 4.30. The first-order valence-corrected chi connectivity index (χ1v) is 8.74. The van der Waals surface area contributed by atoms with Crippen molar-refractivity contribution in [1.29, 1.82) is 0 Å². The maximum Gasteiger partial charge on any atom is 0.200 e. The van der Waals surface area contributed by atoms with Crippen LogP contribution in [0.25, 0.3) is 5.69 Å². The normalized spacial score (nSPS) is 11.2. The quantitative estimate of drug-likeness (QED) is 0.552. The van der Waals surface area contributed by atoms with Crippen molar-refractivity contribution in [2.24, 2.45) is 0 Å². The molecule has 0 amide bonds. The molecule has 0 spiro atoms. The van der Waals surface area contributed by atoms with E-state index in [-0.39, 0.29) is 0 Å². The molecule has 0 aliphatic rings. The summed E-state index contributed by atoms with van der Waals surface area (Å²) < 4.78 is 6.23. The molecular weight excluding hydrogens is 346 g/mol. The van der Waals surface area contributed by atoms with Crippen molar-refractivity contribution in [2.45, 2.75) is 26.9 Å². The van der Waals surface area contributed by atoms with Gasteiger partial charge in [0.25, 0.3) is 0 Å². The zero-order valence-electron chi connectivity index (χ0n) is 14.6. The molecule has 4 aromatic rings. The van der Waals surface area contributed by atoms with Crippen LogP contribution in [-0.2, 0) is 13.1 Å². The minimum Gasteiger partial charge on any atom is -0.267 e. The van der Waals surface area contributed by atoms with Gasteiger partial charge in [0, 0.05) is 18.1 Å². The predicted molar refractivity (Wildman–Crippen MR) is 101 cm³/mol. The number of benzene rings is 1. The summed E-state index contributed by atoms with van der Waals surface area (Å²) in [4.78, 5) is 0. The minimum atomic E-state index is 0.537. The van der Waals surface area contributed by atoms with Crippen molar-refractivity contribution in [3.05, 3.63) is 76.3 Å². The van der Waals surface area contributed by atoms with Crippen molar-refractivity contribution in [3.63, 3.8) is 0 Å². The highest BCUT2D eigenvalue weighted by molar-refractivity contribution is 7.71. The van der Waals surface area contributed by atoms with Crippen LogP contribution < -0.4 is 0 Å². The van der Waals surface area contributed by atoms with Gasteiger partial charge in [0.15, 0.2) is 10.6 Å². The molecule has 26 heavy (non-hydrogen) atoms. The van der Waals surface area contributed by atoms with E-state index in [0.29, 0.717) is 17.9 Å². The van der Waals surface area contributed by atoms with Crippen molar-refractivity contribution in [1.82, 2.24) is 34.3 Å². The smallest absolute Gasteiger partial charge is 0.200 e. The Morgan fingerprint density at radius 3 is 2.58 bits per heavy atom. The second kappa shape index (κ2) is 6.72. The van der Waals surface area contributed by atoms with Crippen molar-refractivity contribution in [2.75, 3.05) is 0 Å². The lowest BCUT2D eigenvalue weighted by Gasteiger charge is -2.06. The zero-order valence-corrected chi connectivity index (χ0v) is 15.4. The summed E-state index contributed by atoms with van der Waals surface area (Å²) in [6.07, 6.45) is 5.56. The molecule has 1 N–H and O–H groups in total. The molecule has 0 atom stereocenters. The van der Waals surface area contributed by atoms with E-state index < -0.39 is 0 Å². The van der Waals surface area contributed by atoms with Crippen molar-refractivity contribution < 1.29 is 0 Å². The second-order valence-corrected chi connectivity index (χ2v) is 6.68. The van der Waals surface area contributed by atoms with Crippen LogP contribution in [0.2, 0.25) is 0 Å². The number of H-pyrrole nitrogens is 1. The second-order valence-electron chi connectivity index (χ2n) is 6.29. The number of aromatic nitrogens is 7. The molecule has 8 heteroatoms. The first-order chi connectivity index (χ1) is 12.6. The number of rotatable bonds is 5. The molecule has 7 nitrogen and oxygen atoms in total. The fourth-order valence-electron chi connectivity index (χ4n) is 2.84. The van der Waals surface area contributed by atoms with Crippen LogP contribution in [0, 0.1) is 18.6 Å². The Labute approximate surface area is 155 Å². The van der Waals surface area contributed by atoms with Crippen molar-refractivity contribution in [3.8, 4) is 5.69 Å². The molecule has 0 bridgehead atoms. The van der Waals surface area contributed by atoms with Gasteiger partial charge in [-0.05, 0) is 37.7 Å². The van der Waals surface area contributed by atoms with Gasteiger partial charge in [0.2, 0.25) is 0 Å². The van der Waals surface area contributed by atoms with Gasteiger partial charge < -0.3 is 0 Å². The Balaban J connectivity index is 1.61. The van der Waals surface area contributed by atoms with Gasteiger partial charge in [-0.3, -0.25) is 19.0 Å². The van der Waals surface area contributed by atoms with E-state index in [4.69, 9.17) is 12.2 Å². The Morgan fingerprint density at radius 1 is 1.04 bits per heavy atom. The molecule has 0 saturated carbocycles. The van der Waals surface area contributed by atoms with Gasteiger partial charge in [-0.15, -0.1) is 0 Å². The molecule has 0 saturated heterocycles. The number of hydrogen-bond donors (Lipinski definition) is 1. The van der Waals surface area contributed by atoms with Crippen LogP contribution in [0.3, 0.4) is 0 Å². The molecule has 0 radical (unpaired) electrons. The standard InChI is InChI=1S/C18H19N7S/c1-13-3-5-15(6-4-13)10-23-11-16(9-20-23)25-17(21-22-18(25)26)12-24-14(2)7-8-19-24/h3-9,11H,10,12H2,1-2H3,(H,22,26). The lowest BCUT2D eigenvalue weighted by Crippen LogP contribution is -2.09. The number of aryl methyl sites for hydroxylation is 2. The molecule has 0 aliphatic heterocycles. The van der Waals surface area contributed by atoms with Gasteiger partial charge in [-0.2, -0.15) is 15.3 Å². The largest absolute Gasteiger partial charge is 0.267 e. The number of nitrogens with one attached hydrogen (secondary N) is 1. The van der Waals surface area contributed by atoms with Crippen molar-refractivity contribution >= 4 is 12.2 Å². The van der Waals surface area contributed by atoms with Crippen LogP contribution in [-0.4, -0.2) is 34.3 Å². The monoisotopic (exact) mass is 365 g/mol. The summed E-state index contributed by atoms with van der Waals surface area (Å²) in [5, 5.41) is 16.0. The first kappa shape index (κ1) is 16.5. The Bertz CT molecular complexity index is 1080. The lowest BCUT2D eigenvalue weighted by atomic mass is 10.1. The molecule has 0 unspecified atom stereocenters. The molecular formula is C18H19N7S. The third kappa shape index (κ3) is 3.23. The third-order valence-corrected chi connectivity index (χ3v) is 4.58. The minimum absolute atomic E-state index is 0.537. The Kier molecular flexibility index (Phi) is 4.26. The van der Waals surface area contributed by atoms with Crippen LogP contribution in [0.1, 0.15) is 22.6 Å². The van der Waals surface area contributed by atoms with E-state index in [1.165, 1.54) is 11.1 Å². The highest BCUT2D eigenvalue weighted by Crippen LogP contribution is 2.13. The van der Waals surface area contributed by atoms with E-state index in [0.717, 1.165) is 17.2 Å². The maximum atomic E-state index is 5.41. The topological polar surface area (TPSA) is 69.2 Å².